The first kappa shape index (κ1) is 12.6. The Labute approximate surface area is 107 Å². The van der Waals surface area contributed by atoms with E-state index in [1.165, 1.54) is 32.4 Å². The molecule has 1 saturated heterocycles. The maximum absolute atomic E-state index is 11.6. The minimum Gasteiger partial charge on any atom is -0.303 e. The Morgan fingerprint density at radius 3 is 2.76 bits per heavy atom. The average molecular weight is 252 g/mol. The van der Waals surface area contributed by atoms with Crippen LogP contribution in [0.2, 0.25) is 0 Å². The molecule has 0 aliphatic carbocycles. The largest absolute Gasteiger partial charge is 0.303 e. The molecule has 1 aromatic heterocycles. The fraction of sp³-hybridized carbons (Fsp3) is 0.615. The number of piperidine rings is 1. The van der Waals surface area contributed by atoms with E-state index in [9.17, 15) is 4.79 Å². The third-order valence-electron chi connectivity index (χ3n) is 3.24. The second-order valence-corrected chi connectivity index (χ2v) is 5.45. The van der Waals surface area contributed by atoms with Crippen molar-refractivity contribution < 1.29 is 4.79 Å². The van der Waals surface area contributed by atoms with Crippen LogP contribution >= 0.6 is 11.3 Å². The molecule has 0 N–H and O–H groups in total. The lowest BCUT2D eigenvalue weighted by atomic mass is 10.1. The summed E-state index contributed by atoms with van der Waals surface area (Å²) < 4.78 is 0. The molecule has 1 aliphatic heterocycles. The highest BCUT2D eigenvalue weighted by atomic mass is 32.1. The van der Waals surface area contributed by atoms with Crippen molar-refractivity contribution in [3.05, 3.63) is 17.5 Å². The Balaban J connectivity index is 1.88. The van der Waals surface area contributed by atoms with Crippen molar-refractivity contribution in [2.75, 3.05) is 31.1 Å². The van der Waals surface area contributed by atoms with E-state index in [4.69, 9.17) is 0 Å². The van der Waals surface area contributed by atoms with Crippen LogP contribution in [0, 0.1) is 0 Å². The second-order valence-electron chi connectivity index (χ2n) is 4.52. The molecule has 1 fully saturated rings. The summed E-state index contributed by atoms with van der Waals surface area (Å²) in [6.07, 6.45) is 3.97. The van der Waals surface area contributed by atoms with Gasteiger partial charge in [0, 0.05) is 20.0 Å². The maximum atomic E-state index is 11.6. The van der Waals surface area contributed by atoms with Gasteiger partial charge in [-0.15, -0.1) is 11.3 Å². The Morgan fingerprint density at radius 1 is 1.41 bits per heavy atom. The number of hydrogen-bond donors (Lipinski definition) is 0. The molecule has 0 unspecified atom stereocenters. The molecule has 0 spiro atoms. The van der Waals surface area contributed by atoms with Gasteiger partial charge in [-0.3, -0.25) is 4.79 Å². The first-order valence-corrected chi connectivity index (χ1v) is 7.19. The monoisotopic (exact) mass is 252 g/mol. The highest BCUT2D eigenvalue weighted by Gasteiger charge is 2.15. The quantitative estimate of drug-likeness (QED) is 0.822. The molecular weight excluding hydrogens is 232 g/mol. The molecule has 2 heterocycles. The molecule has 17 heavy (non-hydrogen) atoms. The van der Waals surface area contributed by atoms with Crippen LogP contribution in [0.3, 0.4) is 0 Å². The zero-order valence-corrected chi connectivity index (χ0v) is 11.2. The molecule has 0 saturated carbocycles. The summed E-state index contributed by atoms with van der Waals surface area (Å²) in [6.45, 7) is 5.84. The topological polar surface area (TPSA) is 23.6 Å². The molecule has 1 aromatic rings. The number of rotatable bonds is 4. The van der Waals surface area contributed by atoms with E-state index in [0.29, 0.717) is 0 Å². The molecule has 0 bridgehead atoms. The van der Waals surface area contributed by atoms with E-state index >= 15 is 0 Å². The van der Waals surface area contributed by atoms with Gasteiger partial charge in [0.15, 0.2) is 0 Å². The van der Waals surface area contributed by atoms with Gasteiger partial charge in [0.25, 0.3) is 0 Å². The SMILES string of the molecule is CC(=O)N(CCN1CCCCC1)c1cccs1. The number of anilines is 1. The van der Waals surface area contributed by atoms with Gasteiger partial charge in [-0.25, -0.2) is 0 Å². The number of thiophene rings is 1. The Bertz CT molecular complexity index is 344. The summed E-state index contributed by atoms with van der Waals surface area (Å²) in [5, 5.41) is 3.08. The van der Waals surface area contributed by atoms with Gasteiger partial charge >= 0.3 is 0 Å². The van der Waals surface area contributed by atoms with Crippen LogP contribution in [-0.4, -0.2) is 37.0 Å². The maximum Gasteiger partial charge on any atom is 0.224 e. The molecule has 3 nitrogen and oxygen atoms in total. The lowest BCUT2D eigenvalue weighted by Gasteiger charge is -2.29. The number of carbonyl (C=O) groups is 1. The van der Waals surface area contributed by atoms with Gasteiger partial charge < -0.3 is 9.80 Å². The third-order valence-corrected chi connectivity index (χ3v) is 4.13. The smallest absolute Gasteiger partial charge is 0.224 e. The average Bonchev–Trinajstić information content (AvgIpc) is 2.84. The van der Waals surface area contributed by atoms with Crippen molar-refractivity contribution in [2.24, 2.45) is 0 Å². The van der Waals surface area contributed by atoms with Crippen molar-refractivity contribution in [3.63, 3.8) is 0 Å². The van der Waals surface area contributed by atoms with Gasteiger partial charge in [-0.05, 0) is 43.4 Å². The van der Waals surface area contributed by atoms with Crippen LogP contribution in [0.25, 0.3) is 0 Å². The molecular formula is C13H20N2OS. The van der Waals surface area contributed by atoms with Crippen molar-refractivity contribution in [3.8, 4) is 0 Å². The van der Waals surface area contributed by atoms with Crippen LogP contribution in [-0.2, 0) is 4.79 Å². The lowest BCUT2D eigenvalue weighted by molar-refractivity contribution is -0.116. The fourth-order valence-electron chi connectivity index (χ4n) is 2.27. The second kappa shape index (κ2) is 6.17. The number of likely N-dealkylation sites (tertiary alicyclic amines) is 1. The Hall–Kier alpha value is -0.870. The number of amides is 1. The summed E-state index contributed by atoms with van der Waals surface area (Å²) in [4.78, 5) is 16.0. The standard InChI is InChI=1S/C13H20N2OS/c1-12(16)15(13-6-5-11-17-13)10-9-14-7-3-2-4-8-14/h5-6,11H,2-4,7-10H2,1H3. The highest BCUT2D eigenvalue weighted by Crippen LogP contribution is 2.21. The summed E-state index contributed by atoms with van der Waals surface area (Å²) in [7, 11) is 0. The van der Waals surface area contributed by atoms with E-state index in [2.05, 4.69) is 4.90 Å². The predicted octanol–water partition coefficient (Wildman–Crippen LogP) is 2.59. The van der Waals surface area contributed by atoms with Crippen molar-refractivity contribution in [1.82, 2.24) is 4.90 Å². The van der Waals surface area contributed by atoms with Crippen LogP contribution in [0.15, 0.2) is 17.5 Å². The first-order chi connectivity index (χ1) is 8.27. The van der Waals surface area contributed by atoms with E-state index < -0.39 is 0 Å². The summed E-state index contributed by atoms with van der Waals surface area (Å²) in [5.74, 6) is 0.143. The van der Waals surface area contributed by atoms with E-state index in [1.807, 2.05) is 22.4 Å². The molecule has 2 rings (SSSR count). The van der Waals surface area contributed by atoms with Crippen molar-refractivity contribution >= 4 is 22.2 Å². The van der Waals surface area contributed by atoms with E-state index in [1.54, 1.807) is 18.3 Å². The zero-order chi connectivity index (χ0) is 12.1. The molecule has 1 aliphatic rings. The minimum absolute atomic E-state index is 0.143. The van der Waals surface area contributed by atoms with Gasteiger partial charge in [-0.2, -0.15) is 0 Å². The zero-order valence-electron chi connectivity index (χ0n) is 10.4. The molecule has 0 aromatic carbocycles. The number of carbonyl (C=O) groups excluding carboxylic acids is 1. The van der Waals surface area contributed by atoms with Gasteiger partial charge in [-0.1, -0.05) is 6.42 Å². The molecule has 1 amide bonds. The fourth-order valence-corrected chi connectivity index (χ4v) is 3.07. The normalized spacial score (nSPS) is 17.0. The van der Waals surface area contributed by atoms with E-state index in [-0.39, 0.29) is 5.91 Å². The molecule has 0 radical (unpaired) electrons. The van der Waals surface area contributed by atoms with Crippen LogP contribution in [0.5, 0.6) is 0 Å². The summed E-state index contributed by atoms with van der Waals surface area (Å²) in [5.41, 5.74) is 0. The molecule has 4 heteroatoms. The van der Waals surface area contributed by atoms with Crippen LogP contribution in [0.1, 0.15) is 26.2 Å². The minimum atomic E-state index is 0.143. The van der Waals surface area contributed by atoms with Crippen molar-refractivity contribution in [2.45, 2.75) is 26.2 Å². The van der Waals surface area contributed by atoms with E-state index in [0.717, 1.165) is 18.1 Å². The van der Waals surface area contributed by atoms with Crippen molar-refractivity contribution in [1.29, 1.82) is 0 Å². The molecule has 94 valence electrons. The summed E-state index contributed by atoms with van der Waals surface area (Å²) in [6, 6.07) is 4.01. The molecule has 0 atom stereocenters. The van der Waals surface area contributed by atoms with Gasteiger partial charge in [0.2, 0.25) is 5.91 Å². The third kappa shape index (κ3) is 3.54. The summed E-state index contributed by atoms with van der Waals surface area (Å²) >= 11 is 1.63. The Morgan fingerprint density at radius 2 is 2.18 bits per heavy atom. The highest BCUT2D eigenvalue weighted by molar-refractivity contribution is 7.14. The van der Waals surface area contributed by atoms with Gasteiger partial charge in [0.05, 0.1) is 5.00 Å². The van der Waals surface area contributed by atoms with Crippen LogP contribution < -0.4 is 4.90 Å². The number of hydrogen-bond acceptors (Lipinski definition) is 3. The first-order valence-electron chi connectivity index (χ1n) is 6.31. The van der Waals surface area contributed by atoms with Crippen LogP contribution in [0.4, 0.5) is 5.00 Å². The lowest BCUT2D eigenvalue weighted by Crippen LogP contribution is -2.39. The number of nitrogens with zero attached hydrogens (tertiary/aromatic N) is 2. The van der Waals surface area contributed by atoms with Gasteiger partial charge in [0.1, 0.15) is 0 Å². The predicted molar refractivity (Wildman–Crippen MR) is 72.6 cm³/mol. The Kier molecular flexibility index (Phi) is 4.57.